The summed E-state index contributed by atoms with van der Waals surface area (Å²) < 4.78 is 27.1. The first-order valence-electron chi connectivity index (χ1n) is 6.98. The molecular weight excluding hydrogens is 308 g/mol. The summed E-state index contributed by atoms with van der Waals surface area (Å²) >= 11 is 3.76. The zero-order chi connectivity index (χ0) is 14.8. The molecule has 2 heterocycles. The molecule has 1 aliphatic heterocycles. The van der Waals surface area contributed by atoms with E-state index >= 15 is 0 Å². The fourth-order valence-electron chi connectivity index (χ4n) is 2.61. The van der Waals surface area contributed by atoms with Crippen LogP contribution in [0.25, 0.3) is 0 Å². The van der Waals surface area contributed by atoms with Crippen LogP contribution in [0.5, 0.6) is 0 Å². The van der Waals surface area contributed by atoms with Gasteiger partial charge in [0.15, 0.2) is 0 Å². The van der Waals surface area contributed by atoms with Crippen molar-refractivity contribution in [1.82, 2.24) is 5.32 Å². The maximum Gasteiger partial charge on any atom is 0.126 e. The first-order valence-corrected chi connectivity index (χ1v) is 8.95. The molecule has 3 rings (SSSR count). The van der Waals surface area contributed by atoms with Crippen LogP contribution in [0.2, 0.25) is 0 Å². The number of hydrogen-bond donors (Lipinski definition) is 1. The fourth-order valence-corrected chi connectivity index (χ4v) is 5.09. The number of fused-ring (bicyclic) bond motifs is 1. The van der Waals surface area contributed by atoms with Crippen molar-refractivity contribution < 1.29 is 8.78 Å². The molecule has 0 spiro atoms. The first kappa shape index (κ1) is 15.0. The van der Waals surface area contributed by atoms with Crippen LogP contribution >= 0.6 is 23.1 Å². The Morgan fingerprint density at radius 1 is 1.29 bits per heavy atom. The molecule has 0 saturated heterocycles. The SMILES string of the molecule is CNC(Cc1cc(F)ccc1F)c1cc2c(s1)CCSC2. The highest BCUT2D eigenvalue weighted by atomic mass is 32.2. The maximum atomic E-state index is 13.8. The standard InChI is InChI=1S/C16H17F2NS2/c1-19-14(7-10-6-12(17)2-3-13(10)18)16-8-11-9-20-5-4-15(11)21-16/h2-3,6,8,14,19H,4-5,7,9H2,1H3. The summed E-state index contributed by atoms with van der Waals surface area (Å²) in [4.78, 5) is 2.66. The lowest BCUT2D eigenvalue weighted by atomic mass is 10.0. The van der Waals surface area contributed by atoms with Gasteiger partial charge in [-0.25, -0.2) is 8.78 Å². The number of benzene rings is 1. The molecule has 112 valence electrons. The van der Waals surface area contributed by atoms with Gasteiger partial charge in [0.1, 0.15) is 11.6 Å². The molecular formula is C16H17F2NS2. The van der Waals surface area contributed by atoms with Crippen molar-refractivity contribution >= 4 is 23.1 Å². The van der Waals surface area contributed by atoms with Crippen molar-refractivity contribution in [2.75, 3.05) is 12.8 Å². The van der Waals surface area contributed by atoms with Crippen LogP contribution in [0.4, 0.5) is 8.78 Å². The van der Waals surface area contributed by atoms with Crippen molar-refractivity contribution in [3.8, 4) is 0 Å². The quantitative estimate of drug-likeness (QED) is 0.898. The van der Waals surface area contributed by atoms with Crippen LogP contribution in [0, 0.1) is 11.6 Å². The lowest BCUT2D eigenvalue weighted by molar-refractivity contribution is 0.548. The zero-order valence-electron chi connectivity index (χ0n) is 11.8. The van der Waals surface area contributed by atoms with E-state index in [1.54, 1.807) is 11.3 Å². The van der Waals surface area contributed by atoms with E-state index in [1.165, 1.54) is 33.2 Å². The zero-order valence-corrected chi connectivity index (χ0v) is 13.4. The second-order valence-electron chi connectivity index (χ2n) is 5.18. The molecule has 0 aliphatic carbocycles. The Labute approximate surface area is 131 Å². The number of thiophene rings is 1. The second-order valence-corrected chi connectivity index (χ2v) is 7.45. The minimum atomic E-state index is -0.386. The third-order valence-corrected chi connectivity index (χ3v) is 6.13. The van der Waals surface area contributed by atoms with Gasteiger partial charge >= 0.3 is 0 Å². The molecule has 1 aromatic heterocycles. The van der Waals surface area contributed by atoms with Crippen LogP contribution in [0.1, 0.15) is 26.9 Å². The maximum absolute atomic E-state index is 13.8. The average molecular weight is 325 g/mol. The van der Waals surface area contributed by atoms with Crippen LogP contribution in [0.15, 0.2) is 24.3 Å². The summed E-state index contributed by atoms with van der Waals surface area (Å²) in [6.45, 7) is 0. The number of nitrogens with one attached hydrogen (secondary N) is 1. The van der Waals surface area contributed by atoms with Gasteiger partial charge in [0, 0.05) is 21.5 Å². The van der Waals surface area contributed by atoms with E-state index in [9.17, 15) is 8.78 Å². The van der Waals surface area contributed by atoms with E-state index in [-0.39, 0.29) is 17.7 Å². The van der Waals surface area contributed by atoms with Gasteiger partial charge in [0.2, 0.25) is 0 Å². The molecule has 0 bridgehead atoms. The van der Waals surface area contributed by atoms with E-state index in [4.69, 9.17) is 0 Å². The number of hydrogen-bond acceptors (Lipinski definition) is 3. The number of aryl methyl sites for hydroxylation is 1. The largest absolute Gasteiger partial charge is 0.312 e. The van der Waals surface area contributed by atoms with Gasteiger partial charge in [-0.2, -0.15) is 11.8 Å². The van der Waals surface area contributed by atoms with Crippen molar-refractivity contribution in [1.29, 1.82) is 0 Å². The molecule has 1 aromatic carbocycles. The monoisotopic (exact) mass is 325 g/mol. The third kappa shape index (κ3) is 3.30. The lowest BCUT2D eigenvalue weighted by Gasteiger charge is -2.15. The number of halogens is 2. The highest BCUT2D eigenvalue weighted by molar-refractivity contribution is 7.98. The number of rotatable bonds is 4. The molecule has 1 atom stereocenters. The van der Waals surface area contributed by atoms with Crippen LogP contribution < -0.4 is 5.32 Å². The van der Waals surface area contributed by atoms with Gasteiger partial charge < -0.3 is 5.32 Å². The average Bonchev–Trinajstić information content (AvgIpc) is 2.91. The Morgan fingerprint density at radius 2 is 2.14 bits per heavy atom. The van der Waals surface area contributed by atoms with Crippen molar-refractivity contribution in [3.05, 3.63) is 56.8 Å². The predicted octanol–water partition coefficient (Wildman–Crippen LogP) is 4.32. The second kappa shape index (κ2) is 6.46. The molecule has 0 fully saturated rings. The molecule has 2 aromatic rings. The number of thioether (sulfide) groups is 1. The molecule has 0 amide bonds. The highest BCUT2D eigenvalue weighted by Crippen LogP contribution is 2.35. The van der Waals surface area contributed by atoms with Gasteiger partial charge in [-0.3, -0.25) is 0 Å². The van der Waals surface area contributed by atoms with E-state index in [0.717, 1.165) is 18.2 Å². The molecule has 1 N–H and O–H groups in total. The molecule has 1 nitrogen and oxygen atoms in total. The van der Waals surface area contributed by atoms with Crippen molar-refractivity contribution in [2.45, 2.75) is 24.6 Å². The molecule has 1 unspecified atom stereocenters. The Hall–Kier alpha value is -0.910. The molecule has 0 saturated carbocycles. The topological polar surface area (TPSA) is 12.0 Å². The van der Waals surface area contributed by atoms with E-state index < -0.39 is 0 Å². The van der Waals surface area contributed by atoms with Gasteiger partial charge in [-0.15, -0.1) is 11.3 Å². The molecule has 21 heavy (non-hydrogen) atoms. The van der Waals surface area contributed by atoms with Crippen LogP contribution in [0.3, 0.4) is 0 Å². The predicted molar refractivity (Wildman–Crippen MR) is 86.0 cm³/mol. The van der Waals surface area contributed by atoms with Crippen molar-refractivity contribution in [2.24, 2.45) is 0 Å². The van der Waals surface area contributed by atoms with E-state index in [1.807, 2.05) is 18.8 Å². The van der Waals surface area contributed by atoms with Gasteiger partial charge in [-0.1, -0.05) is 0 Å². The third-order valence-electron chi connectivity index (χ3n) is 3.77. The molecule has 0 radical (unpaired) electrons. The van der Waals surface area contributed by atoms with E-state index in [0.29, 0.717) is 12.0 Å². The normalized spacial score (nSPS) is 15.8. The van der Waals surface area contributed by atoms with Gasteiger partial charge in [-0.05, 0) is 61.0 Å². The Balaban J connectivity index is 1.84. The summed E-state index contributed by atoms with van der Waals surface area (Å²) in [7, 11) is 1.87. The highest BCUT2D eigenvalue weighted by Gasteiger charge is 2.20. The van der Waals surface area contributed by atoms with Gasteiger partial charge in [0.25, 0.3) is 0 Å². The summed E-state index contributed by atoms with van der Waals surface area (Å²) in [5.41, 5.74) is 1.83. The summed E-state index contributed by atoms with van der Waals surface area (Å²) in [6, 6.07) is 5.91. The fraction of sp³-hybridized carbons (Fsp3) is 0.375. The Kier molecular flexibility index (Phi) is 4.62. The van der Waals surface area contributed by atoms with E-state index in [2.05, 4.69) is 11.4 Å². The van der Waals surface area contributed by atoms with Gasteiger partial charge in [0.05, 0.1) is 0 Å². The van der Waals surface area contributed by atoms with Crippen LogP contribution in [-0.2, 0) is 18.6 Å². The van der Waals surface area contributed by atoms with Crippen molar-refractivity contribution in [3.63, 3.8) is 0 Å². The summed E-state index contributed by atoms with van der Waals surface area (Å²) in [5, 5.41) is 3.24. The smallest absolute Gasteiger partial charge is 0.126 e. The molecule has 1 aliphatic rings. The minimum absolute atomic E-state index is 0.0295. The lowest BCUT2D eigenvalue weighted by Crippen LogP contribution is -2.18. The first-order chi connectivity index (χ1) is 10.2. The Bertz CT molecular complexity index is 616. The Morgan fingerprint density at radius 3 is 2.90 bits per heavy atom. The number of likely N-dealkylation sites (N-methyl/N-ethyl adjacent to an activating group) is 1. The molecule has 5 heteroatoms. The van der Waals surface area contributed by atoms with Crippen LogP contribution in [-0.4, -0.2) is 12.8 Å². The summed E-state index contributed by atoms with van der Waals surface area (Å²) in [6.07, 6.45) is 1.59. The summed E-state index contributed by atoms with van der Waals surface area (Å²) in [5.74, 6) is 1.52. The minimum Gasteiger partial charge on any atom is -0.312 e.